The van der Waals surface area contributed by atoms with E-state index in [1.54, 1.807) is 0 Å². The fraction of sp³-hybridized carbons (Fsp3) is 1.00. The van der Waals surface area contributed by atoms with Crippen molar-refractivity contribution in [3.8, 4) is 0 Å². The molecule has 0 aliphatic carbocycles. The fourth-order valence-corrected chi connectivity index (χ4v) is 1.70. The van der Waals surface area contributed by atoms with Crippen molar-refractivity contribution in [1.82, 2.24) is 5.32 Å². The van der Waals surface area contributed by atoms with Crippen molar-refractivity contribution in [2.75, 3.05) is 19.6 Å². The van der Waals surface area contributed by atoms with Gasteiger partial charge in [0.05, 0.1) is 0 Å². The van der Waals surface area contributed by atoms with Crippen LogP contribution in [0, 0.1) is 17.8 Å². The highest BCUT2D eigenvalue weighted by Crippen LogP contribution is 2.13. The second-order valence-corrected chi connectivity index (χ2v) is 5.12. The molecule has 0 radical (unpaired) electrons. The van der Waals surface area contributed by atoms with Crippen molar-refractivity contribution >= 4 is 0 Å². The van der Waals surface area contributed by atoms with Crippen molar-refractivity contribution in [2.45, 2.75) is 40.5 Å². The first kappa shape index (κ1) is 13.9. The average molecular weight is 200 g/mol. The molecule has 0 heterocycles. The normalized spacial score (nSPS) is 13.9. The van der Waals surface area contributed by atoms with Crippen LogP contribution in [0.3, 0.4) is 0 Å². The Morgan fingerprint density at radius 2 is 1.71 bits per heavy atom. The molecule has 14 heavy (non-hydrogen) atoms. The zero-order valence-electron chi connectivity index (χ0n) is 10.3. The van der Waals surface area contributed by atoms with Gasteiger partial charge < -0.3 is 11.1 Å². The highest BCUT2D eigenvalue weighted by molar-refractivity contribution is 4.64. The van der Waals surface area contributed by atoms with Crippen molar-refractivity contribution < 1.29 is 0 Å². The third-order valence-electron chi connectivity index (χ3n) is 2.42. The summed E-state index contributed by atoms with van der Waals surface area (Å²) in [5.74, 6) is 2.22. The lowest BCUT2D eigenvalue weighted by molar-refractivity contribution is 0.381. The molecule has 0 amide bonds. The Hall–Kier alpha value is -0.0800. The predicted molar refractivity (Wildman–Crippen MR) is 64.3 cm³/mol. The summed E-state index contributed by atoms with van der Waals surface area (Å²) >= 11 is 0. The summed E-state index contributed by atoms with van der Waals surface area (Å²) in [6.07, 6.45) is 2.49. The summed E-state index contributed by atoms with van der Waals surface area (Å²) in [5, 5.41) is 3.47. The van der Waals surface area contributed by atoms with E-state index in [2.05, 4.69) is 33.0 Å². The lowest BCUT2D eigenvalue weighted by atomic mass is 9.94. The summed E-state index contributed by atoms with van der Waals surface area (Å²) in [5.41, 5.74) is 5.74. The monoisotopic (exact) mass is 200 g/mol. The van der Waals surface area contributed by atoms with E-state index >= 15 is 0 Å². The van der Waals surface area contributed by atoms with Crippen LogP contribution < -0.4 is 11.1 Å². The zero-order chi connectivity index (χ0) is 11.0. The van der Waals surface area contributed by atoms with Gasteiger partial charge in [0.1, 0.15) is 0 Å². The summed E-state index contributed by atoms with van der Waals surface area (Å²) < 4.78 is 0. The lowest BCUT2D eigenvalue weighted by Crippen LogP contribution is -2.25. The van der Waals surface area contributed by atoms with Crippen LogP contribution in [0.25, 0.3) is 0 Å². The van der Waals surface area contributed by atoms with Crippen molar-refractivity contribution in [3.63, 3.8) is 0 Å². The molecule has 0 saturated heterocycles. The third-order valence-corrected chi connectivity index (χ3v) is 2.42. The first-order valence-electron chi connectivity index (χ1n) is 5.97. The van der Waals surface area contributed by atoms with Crippen LogP contribution in [0.15, 0.2) is 0 Å². The van der Waals surface area contributed by atoms with Crippen LogP contribution in [0.2, 0.25) is 0 Å². The van der Waals surface area contributed by atoms with Crippen molar-refractivity contribution in [3.05, 3.63) is 0 Å². The Morgan fingerprint density at radius 3 is 2.14 bits per heavy atom. The smallest absolute Gasteiger partial charge is 0.00258 e. The number of hydrogen-bond donors (Lipinski definition) is 2. The second-order valence-electron chi connectivity index (χ2n) is 5.12. The Kier molecular flexibility index (Phi) is 8.20. The molecule has 0 aromatic rings. The molecule has 0 spiro atoms. The lowest BCUT2D eigenvalue weighted by Gasteiger charge is -2.17. The van der Waals surface area contributed by atoms with Gasteiger partial charge in [-0.2, -0.15) is 0 Å². The molecule has 1 atom stereocenters. The molecule has 1 unspecified atom stereocenters. The largest absolute Gasteiger partial charge is 0.330 e. The van der Waals surface area contributed by atoms with Gasteiger partial charge in [-0.05, 0) is 50.2 Å². The molecule has 86 valence electrons. The SMILES string of the molecule is CC(C)CNCCC(CN)CC(C)C. The Bertz CT molecular complexity index is 121. The summed E-state index contributed by atoms with van der Waals surface area (Å²) in [4.78, 5) is 0. The number of hydrogen-bond acceptors (Lipinski definition) is 2. The van der Waals surface area contributed by atoms with Crippen molar-refractivity contribution in [1.29, 1.82) is 0 Å². The topological polar surface area (TPSA) is 38.0 Å². The highest BCUT2D eigenvalue weighted by Gasteiger charge is 2.08. The van der Waals surface area contributed by atoms with Gasteiger partial charge in [0.2, 0.25) is 0 Å². The second kappa shape index (κ2) is 8.25. The van der Waals surface area contributed by atoms with E-state index < -0.39 is 0 Å². The molecule has 0 rings (SSSR count). The van der Waals surface area contributed by atoms with Crippen LogP contribution in [0.5, 0.6) is 0 Å². The number of nitrogens with two attached hydrogens (primary N) is 1. The Balaban J connectivity index is 3.43. The van der Waals surface area contributed by atoms with Gasteiger partial charge in [-0.1, -0.05) is 27.7 Å². The Labute approximate surface area is 89.6 Å². The van der Waals surface area contributed by atoms with Gasteiger partial charge in [-0.3, -0.25) is 0 Å². The maximum atomic E-state index is 5.74. The maximum Gasteiger partial charge on any atom is -0.00258 e. The van der Waals surface area contributed by atoms with E-state index in [-0.39, 0.29) is 0 Å². The highest BCUT2D eigenvalue weighted by atomic mass is 14.8. The van der Waals surface area contributed by atoms with E-state index in [9.17, 15) is 0 Å². The van der Waals surface area contributed by atoms with E-state index in [0.29, 0.717) is 5.92 Å². The molecule has 3 N–H and O–H groups in total. The van der Waals surface area contributed by atoms with Gasteiger partial charge >= 0.3 is 0 Å². The molecule has 0 fully saturated rings. The molecule has 0 saturated carbocycles. The minimum absolute atomic E-state index is 0.703. The number of nitrogens with one attached hydrogen (secondary N) is 1. The maximum absolute atomic E-state index is 5.74. The zero-order valence-corrected chi connectivity index (χ0v) is 10.3. The molecule has 2 nitrogen and oxygen atoms in total. The van der Waals surface area contributed by atoms with E-state index in [0.717, 1.165) is 31.5 Å². The van der Waals surface area contributed by atoms with E-state index in [4.69, 9.17) is 5.73 Å². The molecule has 0 bridgehead atoms. The minimum atomic E-state index is 0.703. The predicted octanol–water partition coefficient (Wildman–Crippen LogP) is 2.24. The molecule has 0 aromatic heterocycles. The molecule has 2 heteroatoms. The van der Waals surface area contributed by atoms with Crippen LogP contribution in [0.1, 0.15) is 40.5 Å². The molecule has 0 aliphatic heterocycles. The molecular weight excluding hydrogens is 172 g/mol. The first-order chi connectivity index (χ1) is 6.56. The Morgan fingerprint density at radius 1 is 1.07 bits per heavy atom. The van der Waals surface area contributed by atoms with Gasteiger partial charge in [0.15, 0.2) is 0 Å². The summed E-state index contributed by atoms with van der Waals surface area (Å²) in [7, 11) is 0. The fourth-order valence-electron chi connectivity index (χ4n) is 1.70. The van der Waals surface area contributed by atoms with Crippen LogP contribution in [-0.4, -0.2) is 19.6 Å². The van der Waals surface area contributed by atoms with Crippen LogP contribution in [0.4, 0.5) is 0 Å². The standard InChI is InChI=1S/C12H28N2/c1-10(2)7-12(8-13)5-6-14-9-11(3)4/h10-12,14H,5-9,13H2,1-4H3. The van der Waals surface area contributed by atoms with Crippen LogP contribution in [-0.2, 0) is 0 Å². The van der Waals surface area contributed by atoms with E-state index in [1.807, 2.05) is 0 Å². The number of rotatable bonds is 8. The van der Waals surface area contributed by atoms with Gasteiger partial charge in [-0.25, -0.2) is 0 Å². The molecule has 0 aromatic carbocycles. The van der Waals surface area contributed by atoms with Gasteiger partial charge in [-0.15, -0.1) is 0 Å². The van der Waals surface area contributed by atoms with Gasteiger partial charge in [0, 0.05) is 0 Å². The van der Waals surface area contributed by atoms with Crippen LogP contribution >= 0.6 is 0 Å². The summed E-state index contributed by atoms with van der Waals surface area (Å²) in [6, 6.07) is 0. The molecular formula is C12H28N2. The quantitative estimate of drug-likeness (QED) is 0.590. The van der Waals surface area contributed by atoms with Gasteiger partial charge in [0.25, 0.3) is 0 Å². The first-order valence-corrected chi connectivity index (χ1v) is 5.97. The molecule has 0 aliphatic rings. The minimum Gasteiger partial charge on any atom is -0.330 e. The van der Waals surface area contributed by atoms with E-state index in [1.165, 1.54) is 12.8 Å². The third kappa shape index (κ3) is 8.52. The average Bonchev–Trinajstić information content (AvgIpc) is 2.09. The summed E-state index contributed by atoms with van der Waals surface area (Å²) in [6.45, 7) is 12.1. The van der Waals surface area contributed by atoms with Crippen molar-refractivity contribution in [2.24, 2.45) is 23.5 Å².